The number of aliphatic carboxylic acids is 2. The van der Waals surface area contributed by atoms with E-state index < -0.39 is 138 Å². The predicted molar refractivity (Wildman–Crippen MR) is 240 cm³/mol. The smallest absolute Gasteiger partial charge is 0.326 e. The highest BCUT2D eigenvalue weighted by atomic mass is 16.4. The molecule has 1 rings (SSSR count). The molecular weight excluding hydrogens is 847 g/mol. The Morgan fingerprint density at radius 3 is 1.51 bits per heavy atom. The van der Waals surface area contributed by atoms with Crippen molar-refractivity contribution >= 4 is 59.2 Å². The number of carbonyl (C=O) groups excluding carboxylic acids is 8. The Bertz CT molecular complexity index is 1690. The van der Waals surface area contributed by atoms with E-state index in [1.807, 2.05) is 27.7 Å². The Hall–Kier alpha value is -5.34. The van der Waals surface area contributed by atoms with Gasteiger partial charge < -0.3 is 58.1 Å². The highest BCUT2D eigenvalue weighted by Gasteiger charge is 2.40. The number of carboxylic acid groups (broad SMARTS) is 2. The van der Waals surface area contributed by atoms with Crippen molar-refractivity contribution in [3.05, 3.63) is 0 Å². The third-order valence-corrected chi connectivity index (χ3v) is 11.2. The zero-order valence-corrected chi connectivity index (χ0v) is 40.2. The summed E-state index contributed by atoms with van der Waals surface area (Å²) in [6.07, 6.45) is 0.669. The van der Waals surface area contributed by atoms with Crippen molar-refractivity contribution in [2.75, 3.05) is 6.54 Å². The van der Waals surface area contributed by atoms with E-state index in [1.165, 1.54) is 18.7 Å². The molecule has 0 unspecified atom stereocenters. The fourth-order valence-corrected chi connectivity index (χ4v) is 7.20. The number of nitrogens with two attached hydrogens (primary N) is 1. The zero-order chi connectivity index (χ0) is 50.0. The molecule has 1 aliphatic rings. The average Bonchev–Trinajstić information content (AvgIpc) is 3.70. The first-order valence-corrected chi connectivity index (χ1v) is 22.8. The third kappa shape index (κ3) is 19.0. The minimum absolute atomic E-state index is 0.0164. The molecule has 8 amide bonds. The molecule has 0 radical (unpaired) electrons. The predicted octanol–water partition coefficient (Wildman–Crippen LogP) is 0.138. The zero-order valence-electron chi connectivity index (χ0n) is 40.2. The van der Waals surface area contributed by atoms with Gasteiger partial charge in [0.05, 0.1) is 6.04 Å². The van der Waals surface area contributed by atoms with Crippen LogP contribution >= 0.6 is 0 Å². The van der Waals surface area contributed by atoms with E-state index >= 15 is 0 Å². The Morgan fingerprint density at radius 1 is 0.585 bits per heavy atom. The maximum absolute atomic E-state index is 13.9. The van der Waals surface area contributed by atoms with Gasteiger partial charge in [0.1, 0.15) is 48.3 Å². The first-order chi connectivity index (χ1) is 30.1. The average molecular weight is 924 g/mol. The molecule has 1 heterocycles. The lowest BCUT2D eigenvalue weighted by molar-refractivity contribution is -0.144. The first-order valence-electron chi connectivity index (χ1n) is 22.8. The molecule has 1 fully saturated rings. The summed E-state index contributed by atoms with van der Waals surface area (Å²) in [6.45, 7) is 20.5. The van der Waals surface area contributed by atoms with Gasteiger partial charge in [0.15, 0.2) is 0 Å². The highest BCUT2D eigenvalue weighted by molar-refractivity contribution is 5.98. The van der Waals surface area contributed by atoms with Crippen LogP contribution in [0.3, 0.4) is 0 Å². The number of carbonyl (C=O) groups is 10. The van der Waals surface area contributed by atoms with E-state index in [0.717, 1.165) is 0 Å². The van der Waals surface area contributed by atoms with Crippen LogP contribution in [-0.2, 0) is 47.9 Å². The van der Waals surface area contributed by atoms with Gasteiger partial charge in [-0.25, -0.2) is 4.79 Å². The van der Waals surface area contributed by atoms with Crippen LogP contribution in [0.5, 0.6) is 0 Å². The summed E-state index contributed by atoms with van der Waals surface area (Å²) >= 11 is 0. The normalized spacial score (nSPS) is 18.0. The van der Waals surface area contributed by atoms with Crippen LogP contribution in [0.4, 0.5) is 0 Å². The Morgan fingerprint density at radius 2 is 1.05 bits per heavy atom. The molecule has 370 valence electrons. The van der Waals surface area contributed by atoms with Crippen LogP contribution in [0, 0.1) is 29.6 Å². The molecule has 0 spiro atoms. The molecule has 0 aromatic rings. The largest absolute Gasteiger partial charge is 0.481 e. The van der Waals surface area contributed by atoms with Gasteiger partial charge in [-0.2, -0.15) is 0 Å². The summed E-state index contributed by atoms with van der Waals surface area (Å²) in [5.41, 5.74) is 5.71. The molecule has 1 aliphatic heterocycles. The highest BCUT2D eigenvalue weighted by Crippen LogP contribution is 2.20. The van der Waals surface area contributed by atoms with Crippen molar-refractivity contribution < 1.29 is 58.2 Å². The number of hydrogen-bond donors (Lipinski definition) is 10. The van der Waals surface area contributed by atoms with Crippen LogP contribution in [0.15, 0.2) is 0 Å². The standard InChI is InChI=1S/C44H77N9O12/c1-13-25(10)35(42(62)47-28(16-17-32(54)55)37(57)51-34(24(8)9)44(64)65)52-41(61)33(23(6)7)50-40(60)31-15-14-18-53(31)43(63)27(12)46-38(58)29(19-21(2)3)49-39(59)30(20-22(4)5)48-36(56)26(11)45/h21-31,33-35H,13-20,45H2,1-12H3,(H,46,58)(H,47,62)(H,48,56)(H,49,59)(H,50,60)(H,51,57)(H,52,61)(H,54,55)(H,64,65)/t25-,26-,27-,28-,29-,30-,31-,33-,34-,35-/m0/s1. The van der Waals surface area contributed by atoms with Crippen molar-refractivity contribution in [2.24, 2.45) is 35.3 Å². The summed E-state index contributed by atoms with van der Waals surface area (Å²) in [7, 11) is 0. The molecule has 21 nitrogen and oxygen atoms in total. The quantitative estimate of drug-likeness (QED) is 0.0525. The fourth-order valence-electron chi connectivity index (χ4n) is 7.20. The second kappa shape index (κ2) is 27.2. The van der Waals surface area contributed by atoms with Gasteiger partial charge >= 0.3 is 11.9 Å². The summed E-state index contributed by atoms with van der Waals surface area (Å²) in [5.74, 6) is -9.65. The second-order valence-electron chi connectivity index (χ2n) is 18.8. The molecule has 0 aromatic carbocycles. The summed E-state index contributed by atoms with van der Waals surface area (Å²) in [6, 6.07) is -10.3. The molecule has 65 heavy (non-hydrogen) atoms. The number of nitrogens with one attached hydrogen (secondary N) is 7. The van der Waals surface area contributed by atoms with Gasteiger partial charge in [-0.3, -0.25) is 43.2 Å². The maximum atomic E-state index is 13.9. The Balaban J connectivity index is 3.23. The van der Waals surface area contributed by atoms with Gasteiger partial charge in [-0.15, -0.1) is 0 Å². The van der Waals surface area contributed by atoms with Crippen LogP contribution < -0.4 is 43.0 Å². The number of likely N-dealkylation sites (tertiary alicyclic amines) is 1. The maximum Gasteiger partial charge on any atom is 0.326 e. The fraction of sp³-hybridized carbons (Fsp3) is 0.773. The van der Waals surface area contributed by atoms with Gasteiger partial charge in [0, 0.05) is 13.0 Å². The number of rotatable bonds is 27. The van der Waals surface area contributed by atoms with Crippen LogP contribution in [0.1, 0.15) is 128 Å². The summed E-state index contributed by atoms with van der Waals surface area (Å²) in [5, 5.41) is 37.2. The van der Waals surface area contributed by atoms with Gasteiger partial charge in [-0.05, 0) is 75.5 Å². The van der Waals surface area contributed by atoms with Crippen LogP contribution in [0.25, 0.3) is 0 Å². The van der Waals surface area contributed by atoms with E-state index in [2.05, 4.69) is 37.2 Å². The number of amides is 8. The number of carboxylic acids is 2. The van der Waals surface area contributed by atoms with Gasteiger partial charge in [0.2, 0.25) is 47.3 Å². The second-order valence-corrected chi connectivity index (χ2v) is 18.8. The lowest BCUT2D eigenvalue weighted by Gasteiger charge is -2.32. The molecule has 10 atom stereocenters. The first kappa shape index (κ1) is 57.7. The molecule has 0 bridgehead atoms. The van der Waals surface area contributed by atoms with Gasteiger partial charge in [-0.1, -0.05) is 75.7 Å². The molecule has 11 N–H and O–H groups in total. The van der Waals surface area contributed by atoms with Crippen molar-refractivity contribution in [1.82, 2.24) is 42.1 Å². The van der Waals surface area contributed by atoms with Crippen molar-refractivity contribution in [3.63, 3.8) is 0 Å². The van der Waals surface area contributed by atoms with Crippen molar-refractivity contribution in [2.45, 2.75) is 182 Å². The SMILES string of the molecule is CC[C@H](C)[C@H](NC(=O)[C@@H](NC(=O)[C@@H]1CCCN1C(=O)[C@H](C)NC(=O)[C@H](CC(C)C)NC(=O)[C@H](CC(C)C)NC(=O)[C@H](C)N)C(C)C)C(=O)N[C@@H](CCC(=O)O)C(=O)N[C@H](C(=O)O)C(C)C. The monoisotopic (exact) mass is 924 g/mol. The van der Waals surface area contributed by atoms with Crippen LogP contribution in [-0.4, -0.2) is 135 Å². The molecule has 0 aromatic heterocycles. The van der Waals surface area contributed by atoms with E-state index in [0.29, 0.717) is 12.8 Å². The lowest BCUT2D eigenvalue weighted by atomic mass is 9.95. The molecule has 0 saturated carbocycles. The molecule has 21 heteroatoms. The van der Waals surface area contributed by atoms with E-state index in [1.54, 1.807) is 41.5 Å². The minimum Gasteiger partial charge on any atom is -0.481 e. The molecule has 0 aliphatic carbocycles. The topological polar surface area (TPSA) is 325 Å². The third-order valence-electron chi connectivity index (χ3n) is 11.2. The van der Waals surface area contributed by atoms with Crippen LogP contribution in [0.2, 0.25) is 0 Å². The summed E-state index contributed by atoms with van der Waals surface area (Å²) in [4.78, 5) is 133. The van der Waals surface area contributed by atoms with Crippen molar-refractivity contribution in [3.8, 4) is 0 Å². The minimum atomic E-state index is -1.46. The molecular formula is C44H77N9O12. The number of hydrogen-bond acceptors (Lipinski definition) is 11. The van der Waals surface area contributed by atoms with E-state index in [-0.39, 0.29) is 44.1 Å². The molecule has 1 saturated heterocycles. The number of nitrogens with zero attached hydrogens (tertiary/aromatic N) is 1. The van der Waals surface area contributed by atoms with Crippen molar-refractivity contribution in [1.29, 1.82) is 0 Å². The lowest BCUT2D eigenvalue weighted by Crippen LogP contribution is -2.61. The van der Waals surface area contributed by atoms with Gasteiger partial charge in [0.25, 0.3) is 0 Å². The van der Waals surface area contributed by atoms with E-state index in [9.17, 15) is 58.2 Å². The Kier molecular flexibility index (Phi) is 24.1. The Labute approximate surface area is 383 Å². The summed E-state index contributed by atoms with van der Waals surface area (Å²) < 4.78 is 0. The van der Waals surface area contributed by atoms with E-state index in [4.69, 9.17) is 5.73 Å².